The van der Waals surface area contributed by atoms with Gasteiger partial charge < -0.3 is 23.9 Å². The summed E-state index contributed by atoms with van der Waals surface area (Å²) >= 11 is 0. The van der Waals surface area contributed by atoms with Gasteiger partial charge in [0.2, 0.25) is 0 Å². The molecule has 1 aliphatic heterocycles. The van der Waals surface area contributed by atoms with E-state index in [0.29, 0.717) is 43.1 Å². The second kappa shape index (κ2) is 7.14. The molecule has 7 nitrogen and oxygen atoms in total. The van der Waals surface area contributed by atoms with E-state index in [1.54, 1.807) is 28.8 Å². The minimum atomic E-state index is -0.233. The Labute approximate surface area is 146 Å². The van der Waals surface area contributed by atoms with E-state index in [1.165, 1.54) is 13.2 Å². The minimum Gasteiger partial charge on any atom is -0.496 e. The number of fused-ring (bicyclic) bond motifs is 1. The molecule has 0 fully saturated rings. The smallest absolute Gasteiger partial charge is 0.259 e. The number of ether oxygens (including phenoxy) is 1. The number of carbonyl (C=O) groups is 1. The van der Waals surface area contributed by atoms with Gasteiger partial charge in [-0.25, -0.2) is 0 Å². The van der Waals surface area contributed by atoms with E-state index in [2.05, 4.69) is 5.32 Å². The number of hydrogen-bond donors (Lipinski definition) is 1. The van der Waals surface area contributed by atoms with E-state index in [-0.39, 0.29) is 17.5 Å². The molecule has 1 aliphatic rings. The van der Waals surface area contributed by atoms with E-state index in [0.717, 1.165) is 5.69 Å². The van der Waals surface area contributed by atoms with Gasteiger partial charge in [-0.05, 0) is 19.1 Å². The number of hydrogen-bond acceptors (Lipinski definition) is 5. The van der Waals surface area contributed by atoms with Crippen LogP contribution < -0.4 is 15.6 Å². The number of amides is 1. The van der Waals surface area contributed by atoms with Crippen molar-refractivity contribution < 1.29 is 13.9 Å². The van der Waals surface area contributed by atoms with Gasteiger partial charge >= 0.3 is 0 Å². The lowest BCUT2D eigenvalue weighted by Gasteiger charge is -2.26. The summed E-state index contributed by atoms with van der Waals surface area (Å²) in [6.07, 6.45) is 2.18. The van der Waals surface area contributed by atoms with Gasteiger partial charge in [0.25, 0.3) is 11.5 Å². The van der Waals surface area contributed by atoms with Crippen LogP contribution >= 0.6 is 0 Å². The monoisotopic (exact) mass is 345 g/mol. The molecule has 0 saturated heterocycles. The Kier molecular flexibility index (Phi) is 4.94. The molecule has 7 heteroatoms. The standard InChI is InChI=1S/C18H23N3O4/c1-12(14-5-4-10-25-14)20(2)18(23)17-13-6-7-19-8-9-21(13)16(22)11-15(17)24-3/h4-5,10-12,19H,6-9H2,1-3H3/t12-/m1/s1. The van der Waals surface area contributed by atoms with Crippen molar-refractivity contribution in [3.05, 3.63) is 51.8 Å². The molecule has 1 amide bonds. The van der Waals surface area contributed by atoms with Gasteiger partial charge in [0, 0.05) is 44.9 Å². The fourth-order valence-electron chi connectivity index (χ4n) is 3.16. The minimum absolute atomic E-state index is 0.145. The lowest BCUT2D eigenvalue weighted by molar-refractivity contribution is 0.0720. The molecule has 0 unspecified atom stereocenters. The third kappa shape index (κ3) is 3.19. The Morgan fingerprint density at radius 2 is 2.24 bits per heavy atom. The molecule has 0 radical (unpaired) electrons. The highest BCUT2D eigenvalue weighted by Gasteiger charge is 2.28. The van der Waals surface area contributed by atoms with Crippen molar-refractivity contribution in [1.29, 1.82) is 0 Å². The molecule has 25 heavy (non-hydrogen) atoms. The van der Waals surface area contributed by atoms with Gasteiger partial charge in [0.15, 0.2) is 0 Å². The molecule has 134 valence electrons. The number of aromatic nitrogens is 1. The summed E-state index contributed by atoms with van der Waals surface area (Å²) in [5, 5.41) is 3.26. The van der Waals surface area contributed by atoms with Crippen LogP contribution in [0.1, 0.15) is 34.8 Å². The molecule has 0 bridgehead atoms. The van der Waals surface area contributed by atoms with E-state index in [4.69, 9.17) is 9.15 Å². The van der Waals surface area contributed by atoms with Crippen LogP contribution in [-0.2, 0) is 13.0 Å². The van der Waals surface area contributed by atoms with Crippen molar-refractivity contribution >= 4 is 5.91 Å². The molecule has 2 aromatic rings. The summed E-state index contributed by atoms with van der Waals surface area (Å²) in [6, 6.07) is 4.80. The third-order valence-electron chi connectivity index (χ3n) is 4.72. The Morgan fingerprint density at radius 3 is 2.92 bits per heavy atom. The topological polar surface area (TPSA) is 76.7 Å². The van der Waals surface area contributed by atoms with Crippen LogP contribution in [0.4, 0.5) is 0 Å². The first-order chi connectivity index (χ1) is 12.0. The van der Waals surface area contributed by atoms with E-state index < -0.39 is 0 Å². The molecule has 1 N–H and O–H groups in total. The van der Waals surface area contributed by atoms with Crippen LogP contribution in [-0.4, -0.2) is 42.6 Å². The largest absolute Gasteiger partial charge is 0.496 e. The fourth-order valence-corrected chi connectivity index (χ4v) is 3.16. The van der Waals surface area contributed by atoms with Gasteiger partial charge in [-0.1, -0.05) is 0 Å². The first-order valence-corrected chi connectivity index (χ1v) is 8.36. The maximum Gasteiger partial charge on any atom is 0.259 e. The fraction of sp³-hybridized carbons (Fsp3) is 0.444. The SMILES string of the molecule is COc1cc(=O)n2c(c1C(=O)N(C)[C@H](C)c1ccco1)CCNCC2. The molecular formula is C18H23N3O4. The van der Waals surface area contributed by atoms with Gasteiger partial charge in [0.05, 0.1) is 19.4 Å². The summed E-state index contributed by atoms with van der Waals surface area (Å²) in [4.78, 5) is 27.2. The maximum absolute atomic E-state index is 13.2. The first-order valence-electron chi connectivity index (χ1n) is 8.36. The second-order valence-electron chi connectivity index (χ2n) is 6.13. The molecule has 1 atom stereocenters. The third-order valence-corrected chi connectivity index (χ3v) is 4.72. The number of nitrogens with zero attached hydrogens (tertiary/aromatic N) is 2. The molecular weight excluding hydrogens is 322 g/mol. The molecule has 3 rings (SSSR count). The Bertz CT molecular complexity index is 810. The van der Waals surface area contributed by atoms with E-state index in [1.807, 2.05) is 13.0 Å². The average Bonchev–Trinajstić information content (AvgIpc) is 3.04. The summed E-state index contributed by atoms with van der Waals surface area (Å²) in [5.41, 5.74) is 1.03. The van der Waals surface area contributed by atoms with Crippen LogP contribution in [0.5, 0.6) is 5.75 Å². The average molecular weight is 345 g/mol. The Balaban J connectivity index is 2.06. The van der Waals surface area contributed by atoms with E-state index in [9.17, 15) is 9.59 Å². The van der Waals surface area contributed by atoms with Crippen molar-refractivity contribution in [3.8, 4) is 5.75 Å². The highest BCUT2D eigenvalue weighted by atomic mass is 16.5. The van der Waals surface area contributed by atoms with Crippen LogP contribution in [0.3, 0.4) is 0 Å². The molecule has 0 aliphatic carbocycles. The highest BCUT2D eigenvalue weighted by Crippen LogP contribution is 2.27. The number of carbonyl (C=O) groups excluding carboxylic acids is 1. The van der Waals surface area contributed by atoms with Crippen LogP contribution in [0.2, 0.25) is 0 Å². The number of nitrogens with one attached hydrogen (secondary N) is 1. The summed E-state index contributed by atoms with van der Waals surface area (Å²) in [7, 11) is 3.21. The number of pyridine rings is 1. The van der Waals surface area contributed by atoms with E-state index >= 15 is 0 Å². The Hall–Kier alpha value is -2.54. The quantitative estimate of drug-likeness (QED) is 0.907. The molecule has 3 heterocycles. The van der Waals surface area contributed by atoms with Crippen LogP contribution in [0.25, 0.3) is 0 Å². The number of methoxy groups -OCH3 is 1. The van der Waals surface area contributed by atoms with Gasteiger partial charge in [0.1, 0.15) is 17.1 Å². The lowest BCUT2D eigenvalue weighted by atomic mass is 10.1. The molecule has 0 spiro atoms. The van der Waals surface area contributed by atoms with Crippen LogP contribution in [0, 0.1) is 0 Å². The predicted octanol–water partition coefficient (Wildman–Crippen LogP) is 1.43. The van der Waals surface area contributed by atoms with Crippen molar-refractivity contribution in [2.45, 2.75) is 25.9 Å². The lowest BCUT2D eigenvalue weighted by Crippen LogP contribution is -2.34. The maximum atomic E-state index is 13.2. The number of rotatable bonds is 4. The van der Waals surface area contributed by atoms with Crippen molar-refractivity contribution in [3.63, 3.8) is 0 Å². The molecule has 0 saturated carbocycles. The first kappa shape index (κ1) is 17.3. The van der Waals surface area contributed by atoms with Gasteiger partial charge in [-0.15, -0.1) is 0 Å². The van der Waals surface area contributed by atoms with Crippen molar-refractivity contribution in [2.75, 3.05) is 27.2 Å². The van der Waals surface area contributed by atoms with Gasteiger partial charge in [-0.2, -0.15) is 0 Å². The normalized spacial score (nSPS) is 15.2. The molecule has 0 aromatic carbocycles. The zero-order valence-corrected chi connectivity index (χ0v) is 14.7. The van der Waals surface area contributed by atoms with Crippen molar-refractivity contribution in [2.24, 2.45) is 0 Å². The van der Waals surface area contributed by atoms with Crippen molar-refractivity contribution in [1.82, 2.24) is 14.8 Å². The second-order valence-corrected chi connectivity index (χ2v) is 6.13. The summed E-state index contributed by atoms with van der Waals surface area (Å²) in [5.74, 6) is 0.837. The predicted molar refractivity (Wildman–Crippen MR) is 93.0 cm³/mol. The number of furan rings is 1. The summed E-state index contributed by atoms with van der Waals surface area (Å²) in [6.45, 7) is 3.85. The van der Waals surface area contributed by atoms with Gasteiger partial charge in [-0.3, -0.25) is 9.59 Å². The zero-order chi connectivity index (χ0) is 18.0. The highest BCUT2D eigenvalue weighted by molar-refractivity contribution is 5.98. The Morgan fingerprint density at radius 1 is 1.44 bits per heavy atom. The zero-order valence-electron chi connectivity index (χ0n) is 14.7. The van der Waals surface area contributed by atoms with Crippen LogP contribution in [0.15, 0.2) is 33.7 Å². The molecule has 2 aromatic heterocycles. The summed E-state index contributed by atoms with van der Waals surface area (Å²) < 4.78 is 12.5.